The molecule has 5 nitrogen and oxygen atoms in total. The molecule has 0 aromatic carbocycles. The van der Waals surface area contributed by atoms with Crippen molar-refractivity contribution in [3.63, 3.8) is 0 Å². The van der Waals surface area contributed by atoms with Crippen molar-refractivity contribution in [1.29, 1.82) is 0 Å². The lowest BCUT2D eigenvalue weighted by Crippen LogP contribution is -2.48. The first-order chi connectivity index (χ1) is 7.43. The van der Waals surface area contributed by atoms with E-state index in [0.29, 0.717) is 25.4 Å². The average molecular weight is 230 g/mol. The fraction of sp³-hybridized carbons (Fsp3) is 0.909. The van der Waals surface area contributed by atoms with Crippen molar-refractivity contribution in [2.24, 2.45) is 11.7 Å². The number of ether oxygens (including phenoxy) is 1. The van der Waals surface area contributed by atoms with Crippen LogP contribution in [-0.2, 0) is 9.53 Å². The van der Waals surface area contributed by atoms with E-state index in [1.807, 2.05) is 13.8 Å². The molecule has 1 saturated heterocycles. The summed E-state index contributed by atoms with van der Waals surface area (Å²) in [6, 6.07) is -0.495. The van der Waals surface area contributed by atoms with Crippen LogP contribution < -0.4 is 11.1 Å². The van der Waals surface area contributed by atoms with Gasteiger partial charge in [0.15, 0.2) is 0 Å². The fourth-order valence-electron chi connectivity index (χ4n) is 1.73. The second kappa shape index (κ2) is 5.61. The molecule has 0 aromatic rings. The van der Waals surface area contributed by atoms with Crippen molar-refractivity contribution >= 4 is 5.91 Å². The van der Waals surface area contributed by atoms with Gasteiger partial charge in [0.2, 0.25) is 5.91 Å². The number of amides is 1. The summed E-state index contributed by atoms with van der Waals surface area (Å²) in [4.78, 5) is 11.6. The molecule has 1 fully saturated rings. The Labute approximate surface area is 96.3 Å². The second-order valence-electron chi connectivity index (χ2n) is 4.98. The van der Waals surface area contributed by atoms with Gasteiger partial charge in [0, 0.05) is 19.6 Å². The van der Waals surface area contributed by atoms with Gasteiger partial charge in [-0.3, -0.25) is 4.79 Å². The highest BCUT2D eigenvalue weighted by atomic mass is 16.5. The lowest BCUT2D eigenvalue weighted by Gasteiger charge is -2.22. The molecular weight excluding hydrogens is 208 g/mol. The molecule has 1 amide bonds. The van der Waals surface area contributed by atoms with E-state index in [4.69, 9.17) is 10.5 Å². The molecule has 0 spiro atoms. The van der Waals surface area contributed by atoms with Crippen molar-refractivity contribution < 1.29 is 14.6 Å². The zero-order valence-electron chi connectivity index (χ0n) is 10.0. The molecule has 2 atom stereocenters. The molecule has 1 rings (SSSR count). The highest BCUT2D eigenvalue weighted by Gasteiger charge is 2.32. The lowest BCUT2D eigenvalue weighted by atomic mass is 10.0. The number of nitrogens with two attached hydrogens (primary N) is 1. The Morgan fingerprint density at radius 1 is 1.62 bits per heavy atom. The summed E-state index contributed by atoms with van der Waals surface area (Å²) in [5, 5.41) is 12.6. The summed E-state index contributed by atoms with van der Waals surface area (Å²) in [7, 11) is 0. The van der Waals surface area contributed by atoms with E-state index < -0.39 is 11.6 Å². The zero-order valence-corrected chi connectivity index (χ0v) is 10.0. The molecule has 0 aliphatic carbocycles. The first kappa shape index (κ1) is 13.4. The van der Waals surface area contributed by atoms with Gasteiger partial charge in [-0.25, -0.2) is 0 Å². The quantitative estimate of drug-likeness (QED) is 0.601. The third kappa shape index (κ3) is 4.08. The smallest absolute Gasteiger partial charge is 0.237 e. The highest BCUT2D eigenvalue weighted by molar-refractivity contribution is 5.81. The fourth-order valence-corrected chi connectivity index (χ4v) is 1.73. The van der Waals surface area contributed by atoms with E-state index in [1.54, 1.807) is 0 Å². The molecule has 1 heterocycles. The van der Waals surface area contributed by atoms with E-state index in [9.17, 15) is 9.90 Å². The molecule has 1 unspecified atom stereocenters. The second-order valence-corrected chi connectivity index (χ2v) is 4.98. The van der Waals surface area contributed by atoms with Crippen molar-refractivity contribution in [2.75, 3.05) is 19.8 Å². The Hall–Kier alpha value is -0.650. The molecular formula is C11H22N2O3. The topological polar surface area (TPSA) is 84.6 Å². The van der Waals surface area contributed by atoms with Crippen LogP contribution in [0.5, 0.6) is 0 Å². The summed E-state index contributed by atoms with van der Waals surface area (Å²) in [6.07, 6.45) is 1.22. The Morgan fingerprint density at radius 3 is 2.81 bits per heavy atom. The minimum absolute atomic E-state index is 0.200. The molecule has 16 heavy (non-hydrogen) atoms. The van der Waals surface area contributed by atoms with E-state index >= 15 is 0 Å². The van der Waals surface area contributed by atoms with Gasteiger partial charge in [0.05, 0.1) is 12.6 Å². The number of nitrogens with one attached hydrogen (secondary N) is 1. The standard InChI is InChI=1S/C11H22N2O3/c1-8(2)5-9(12)10(14)13-6-11(15)3-4-16-7-11/h8-9,15H,3-7,12H2,1-2H3,(H,13,14)/t9-,11?/m1/s1. The van der Waals surface area contributed by atoms with Gasteiger partial charge in [-0.2, -0.15) is 0 Å². The third-order valence-corrected chi connectivity index (χ3v) is 2.74. The summed E-state index contributed by atoms with van der Waals surface area (Å²) in [5.74, 6) is 0.188. The van der Waals surface area contributed by atoms with Crippen molar-refractivity contribution in [1.82, 2.24) is 5.32 Å². The SMILES string of the molecule is CC(C)C[C@@H](N)C(=O)NCC1(O)CCOC1. The van der Waals surface area contributed by atoms with Gasteiger partial charge in [0.25, 0.3) is 0 Å². The molecule has 1 aliphatic heterocycles. The summed E-state index contributed by atoms with van der Waals surface area (Å²) < 4.78 is 5.08. The van der Waals surface area contributed by atoms with Crippen LogP contribution in [0.15, 0.2) is 0 Å². The predicted octanol–water partition coefficient (Wildman–Crippen LogP) is -0.373. The van der Waals surface area contributed by atoms with E-state index in [-0.39, 0.29) is 19.1 Å². The van der Waals surface area contributed by atoms with Gasteiger partial charge in [-0.05, 0) is 12.3 Å². The maximum Gasteiger partial charge on any atom is 0.237 e. The van der Waals surface area contributed by atoms with E-state index in [2.05, 4.69) is 5.32 Å². The van der Waals surface area contributed by atoms with Crippen LogP contribution in [0.1, 0.15) is 26.7 Å². The number of carbonyl (C=O) groups excluding carboxylic acids is 1. The zero-order chi connectivity index (χ0) is 12.2. The van der Waals surface area contributed by atoms with E-state index in [0.717, 1.165) is 0 Å². The predicted molar refractivity (Wildman–Crippen MR) is 60.8 cm³/mol. The lowest BCUT2D eigenvalue weighted by molar-refractivity contribution is -0.124. The van der Waals surface area contributed by atoms with Crippen LogP contribution in [-0.4, -0.2) is 42.4 Å². The van der Waals surface area contributed by atoms with E-state index in [1.165, 1.54) is 0 Å². The average Bonchev–Trinajstić information content (AvgIpc) is 2.61. The Balaban J connectivity index is 2.28. The van der Waals surface area contributed by atoms with Crippen LogP contribution in [0, 0.1) is 5.92 Å². The van der Waals surface area contributed by atoms with Gasteiger partial charge < -0.3 is 20.9 Å². The van der Waals surface area contributed by atoms with Gasteiger partial charge >= 0.3 is 0 Å². The maximum absolute atomic E-state index is 11.6. The largest absolute Gasteiger partial charge is 0.386 e. The van der Waals surface area contributed by atoms with Gasteiger partial charge in [-0.1, -0.05) is 13.8 Å². The summed E-state index contributed by atoms with van der Waals surface area (Å²) in [5.41, 5.74) is 4.81. The summed E-state index contributed by atoms with van der Waals surface area (Å²) in [6.45, 7) is 5.09. The molecule has 0 saturated carbocycles. The first-order valence-corrected chi connectivity index (χ1v) is 5.76. The van der Waals surface area contributed by atoms with Crippen molar-refractivity contribution in [3.05, 3.63) is 0 Å². The molecule has 5 heteroatoms. The Morgan fingerprint density at radius 2 is 2.31 bits per heavy atom. The van der Waals surface area contributed by atoms with Crippen LogP contribution in [0.2, 0.25) is 0 Å². The molecule has 94 valence electrons. The normalized spacial score (nSPS) is 27.1. The van der Waals surface area contributed by atoms with Crippen LogP contribution >= 0.6 is 0 Å². The van der Waals surface area contributed by atoms with Gasteiger partial charge in [-0.15, -0.1) is 0 Å². The van der Waals surface area contributed by atoms with Crippen LogP contribution in [0.4, 0.5) is 0 Å². The minimum atomic E-state index is -0.910. The van der Waals surface area contributed by atoms with Crippen LogP contribution in [0.3, 0.4) is 0 Å². The molecule has 1 aliphatic rings. The first-order valence-electron chi connectivity index (χ1n) is 5.76. The number of carbonyl (C=O) groups is 1. The monoisotopic (exact) mass is 230 g/mol. The third-order valence-electron chi connectivity index (χ3n) is 2.74. The molecule has 4 N–H and O–H groups in total. The number of hydrogen-bond donors (Lipinski definition) is 3. The minimum Gasteiger partial charge on any atom is -0.386 e. The number of aliphatic hydroxyl groups is 1. The molecule has 0 bridgehead atoms. The van der Waals surface area contributed by atoms with Crippen molar-refractivity contribution in [3.8, 4) is 0 Å². The Kier molecular flexibility index (Phi) is 4.70. The molecule has 0 radical (unpaired) electrons. The Bertz CT molecular complexity index is 237. The maximum atomic E-state index is 11.6. The highest BCUT2D eigenvalue weighted by Crippen LogP contribution is 2.16. The number of rotatable bonds is 5. The van der Waals surface area contributed by atoms with Crippen molar-refractivity contribution in [2.45, 2.75) is 38.3 Å². The number of hydrogen-bond acceptors (Lipinski definition) is 4. The molecule has 0 aromatic heterocycles. The van der Waals surface area contributed by atoms with Gasteiger partial charge in [0.1, 0.15) is 5.60 Å². The van der Waals surface area contributed by atoms with Crippen LogP contribution in [0.25, 0.3) is 0 Å². The summed E-state index contributed by atoms with van der Waals surface area (Å²) >= 11 is 0.